The molecule has 1 saturated carbocycles. The first-order valence-corrected chi connectivity index (χ1v) is 6.31. The molecule has 1 aliphatic carbocycles. The predicted octanol–water partition coefficient (Wildman–Crippen LogP) is 2.79. The van der Waals surface area contributed by atoms with Crippen LogP contribution in [0, 0.1) is 6.92 Å². The number of aryl methyl sites for hydroxylation is 1. The minimum absolute atomic E-state index is 0.484. The van der Waals surface area contributed by atoms with E-state index in [1.54, 1.807) is 10.9 Å². The zero-order valence-corrected chi connectivity index (χ0v) is 11.1. The molecule has 6 heteroatoms. The molecule has 0 radical (unpaired) electrons. The van der Waals surface area contributed by atoms with Gasteiger partial charge in [0.1, 0.15) is 16.8 Å². The van der Waals surface area contributed by atoms with Gasteiger partial charge in [-0.15, -0.1) is 0 Å². The van der Waals surface area contributed by atoms with Crippen molar-refractivity contribution in [2.75, 3.05) is 5.32 Å². The van der Waals surface area contributed by atoms with Gasteiger partial charge in [0.05, 0.1) is 11.9 Å². The molecule has 0 saturated heterocycles. The zero-order valence-electron chi connectivity index (χ0n) is 10.3. The Kier molecular flexibility index (Phi) is 2.70. The van der Waals surface area contributed by atoms with Gasteiger partial charge in [-0.25, -0.2) is 9.97 Å². The summed E-state index contributed by atoms with van der Waals surface area (Å²) in [6.07, 6.45) is 5.97. The zero-order chi connectivity index (χ0) is 12.7. The summed E-state index contributed by atoms with van der Waals surface area (Å²) < 4.78 is 1.74. The van der Waals surface area contributed by atoms with E-state index in [4.69, 9.17) is 11.6 Å². The van der Waals surface area contributed by atoms with Crippen LogP contribution in [0.5, 0.6) is 0 Å². The summed E-state index contributed by atoms with van der Waals surface area (Å²) in [7, 11) is 1.88. The highest BCUT2D eigenvalue weighted by Crippen LogP contribution is 2.39. The Labute approximate surface area is 110 Å². The van der Waals surface area contributed by atoms with Crippen molar-refractivity contribution >= 4 is 23.1 Å². The van der Waals surface area contributed by atoms with Gasteiger partial charge in [0.25, 0.3) is 0 Å². The van der Waals surface area contributed by atoms with Crippen molar-refractivity contribution in [3.8, 4) is 0 Å². The number of hydrogen-bond acceptors (Lipinski definition) is 4. The maximum absolute atomic E-state index is 6.15. The van der Waals surface area contributed by atoms with Gasteiger partial charge < -0.3 is 5.32 Å². The maximum Gasteiger partial charge on any atom is 0.138 e. The van der Waals surface area contributed by atoms with E-state index >= 15 is 0 Å². The van der Waals surface area contributed by atoms with Crippen molar-refractivity contribution in [3.05, 3.63) is 28.9 Å². The summed E-state index contributed by atoms with van der Waals surface area (Å²) >= 11 is 6.15. The highest BCUT2D eigenvalue weighted by Gasteiger charge is 2.28. The average molecular weight is 264 g/mol. The van der Waals surface area contributed by atoms with E-state index in [9.17, 15) is 0 Å². The van der Waals surface area contributed by atoms with Crippen LogP contribution in [0.25, 0.3) is 0 Å². The number of rotatable bonds is 3. The van der Waals surface area contributed by atoms with E-state index in [0.29, 0.717) is 11.1 Å². The van der Waals surface area contributed by atoms with Crippen molar-refractivity contribution in [1.82, 2.24) is 19.7 Å². The quantitative estimate of drug-likeness (QED) is 0.865. The fraction of sp³-hybridized carbons (Fsp3) is 0.417. The molecular formula is C12H14ClN5. The highest BCUT2D eigenvalue weighted by atomic mass is 35.5. The van der Waals surface area contributed by atoms with Gasteiger partial charge in [-0.3, -0.25) is 4.68 Å². The summed E-state index contributed by atoms with van der Waals surface area (Å²) in [6, 6.07) is 0. The van der Waals surface area contributed by atoms with Crippen molar-refractivity contribution in [1.29, 1.82) is 0 Å². The molecular weight excluding hydrogens is 250 g/mol. The van der Waals surface area contributed by atoms with Crippen LogP contribution in [-0.4, -0.2) is 19.7 Å². The largest absolute Gasteiger partial charge is 0.337 e. The lowest BCUT2D eigenvalue weighted by Crippen LogP contribution is -2.02. The molecule has 2 heterocycles. The number of hydrogen-bond donors (Lipinski definition) is 1. The first-order chi connectivity index (χ1) is 8.63. The molecule has 2 aromatic rings. The Hall–Kier alpha value is -1.62. The Morgan fingerprint density at radius 1 is 1.39 bits per heavy atom. The minimum atomic E-state index is 0.484. The number of nitrogens with zero attached hydrogens (tertiary/aromatic N) is 4. The van der Waals surface area contributed by atoms with Gasteiger partial charge in [-0.2, -0.15) is 5.10 Å². The van der Waals surface area contributed by atoms with Crippen molar-refractivity contribution in [3.63, 3.8) is 0 Å². The normalized spacial score (nSPS) is 14.8. The molecule has 0 aromatic carbocycles. The molecule has 94 valence electrons. The second-order valence-corrected chi connectivity index (χ2v) is 5.01. The van der Waals surface area contributed by atoms with E-state index < -0.39 is 0 Å². The SMILES string of the molecule is Cc1c(Cl)nc(C2CC2)nc1Nc1cnn(C)c1. The topological polar surface area (TPSA) is 55.6 Å². The molecule has 0 atom stereocenters. The minimum Gasteiger partial charge on any atom is -0.337 e. The van der Waals surface area contributed by atoms with Crippen molar-refractivity contribution in [2.24, 2.45) is 7.05 Å². The molecule has 5 nitrogen and oxygen atoms in total. The van der Waals surface area contributed by atoms with Crippen LogP contribution in [0.4, 0.5) is 11.5 Å². The summed E-state index contributed by atoms with van der Waals surface area (Å²) in [5.74, 6) is 2.10. The van der Waals surface area contributed by atoms with Crippen LogP contribution >= 0.6 is 11.6 Å². The highest BCUT2D eigenvalue weighted by molar-refractivity contribution is 6.30. The summed E-state index contributed by atoms with van der Waals surface area (Å²) in [5.41, 5.74) is 1.77. The van der Waals surface area contributed by atoms with Gasteiger partial charge in [0.2, 0.25) is 0 Å². The molecule has 2 aromatic heterocycles. The molecule has 1 N–H and O–H groups in total. The first kappa shape index (κ1) is 11.5. The number of aromatic nitrogens is 4. The molecule has 0 spiro atoms. The maximum atomic E-state index is 6.15. The summed E-state index contributed by atoms with van der Waals surface area (Å²) in [5, 5.41) is 7.88. The third kappa shape index (κ3) is 2.18. The van der Waals surface area contributed by atoms with Gasteiger partial charge in [0.15, 0.2) is 0 Å². The number of anilines is 2. The molecule has 18 heavy (non-hydrogen) atoms. The first-order valence-electron chi connectivity index (χ1n) is 5.93. The third-order valence-electron chi connectivity index (χ3n) is 3.01. The standard InChI is InChI=1S/C12H14ClN5/c1-7-10(13)16-12(8-3-4-8)17-11(7)15-9-5-14-18(2)6-9/h5-6,8H,3-4H2,1-2H3,(H,15,16,17). The lowest BCUT2D eigenvalue weighted by molar-refractivity contribution is 0.768. The second-order valence-electron chi connectivity index (χ2n) is 4.65. The van der Waals surface area contributed by atoms with Gasteiger partial charge in [-0.1, -0.05) is 11.6 Å². The monoisotopic (exact) mass is 263 g/mol. The number of halogens is 1. The van der Waals surface area contributed by atoms with Crippen LogP contribution in [-0.2, 0) is 7.05 Å². The molecule has 3 rings (SSSR count). The molecule has 1 fully saturated rings. The van der Waals surface area contributed by atoms with E-state index in [1.807, 2.05) is 20.2 Å². The van der Waals surface area contributed by atoms with Crippen LogP contribution in [0.15, 0.2) is 12.4 Å². The van der Waals surface area contributed by atoms with Crippen molar-refractivity contribution < 1.29 is 0 Å². The summed E-state index contributed by atoms with van der Waals surface area (Å²) in [4.78, 5) is 8.89. The fourth-order valence-electron chi connectivity index (χ4n) is 1.77. The average Bonchev–Trinajstić information content (AvgIpc) is 3.10. The Morgan fingerprint density at radius 3 is 2.78 bits per heavy atom. The molecule has 0 amide bonds. The molecule has 0 aliphatic heterocycles. The molecule has 1 aliphatic rings. The van der Waals surface area contributed by atoms with Crippen LogP contribution in [0.2, 0.25) is 5.15 Å². The predicted molar refractivity (Wildman–Crippen MR) is 70.2 cm³/mol. The smallest absolute Gasteiger partial charge is 0.138 e. The Bertz CT molecular complexity index is 588. The summed E-state index contributed by atoms with van der Waals surface area (Å²) in [6.45, 7) is 1.91. The Morgan fingerprint density at radius 2 is 2.17 bits per heavy atom. The second kappa shape index (κ2) is 4.24. The lowest BCUT2D eigenvalue weighted by atomic mass is 10.3. The third-order valence-corrected chi connectivity index (χ3v) is 3.38. The van der Waals surface area contributed by atoms with Gasteiger partial charge in [0, 0.05) is 24.7 Å². The van der Waals surface area contributed by atoms with E-state index in [0.717, 1.165) is 35.7 Å². The van der Waals surface area contributed by atoms with Gasteiger partial charge in [-0.05, 0) is 19.8 Å². The van der Waals surface area contributed by atoms with E-state index in [2.05, 4.69) is 20.4 Å². The molecule has 0 unspecified atom stereocenters. The van der Waals surface area contributed by atoms with E-state index in [1.165, 1.54) is 0 Å². The van der Waals surface area contributed by atoms with Crippen LogP contribution < -0.4 is 5.32 Å². The van der Waals surface area contributed by atoms with E-state index in [-0.39, 0.29) is 0 Å². The molecule has 0 bridgehead atoms. The van der Waals surface area contributed by atoms with Crippen LogP contribution in [0.3, 0.4) is 0 Å². The number of nitrogens with one attached hydrogen (secondary N) is 1. The Balaban J connectivity index is 1.94. The van der Waals surface area contributed by atoms with Gasteiger partial charge >= 0.3 is 0 Å². The van der Waals surface area contributed by atoms with Crippen molar-refractivity contribution in [2.45, 2.75) is 25.7 Å². The van der Waals surface area contributed by atoms with Crippen LogP contribution in [0.1, 0.15) is 30.1 Å². The fourth-order valence-corrected chi connectivity index (χ4v) is 1.95. The lowest BCUT2D eigenvalue weighted by Gasteiger charge is -2.09.